The number of hydrazone groups is 1. The summed E-state index contributed by atoms with van der Waals surface area (Å²) >= 11 is 1.14. The lowest BCUT2D eigenvalue weighted by atomic mass is 10.2. The van der Waals surface area contributed by atoms with Crippen molar-refractivity contribution in [1.82, 2.24) is 10.4 Å². The number of hydrogen-bond donors (Lipinski definition) is 1. The molecule has 126 valence electrons. The molecule has 3 aromatic rings. The number of nitro groups is 1. The van der Waals surface area contributed by atoms with Crippen LogP contribution < -0.4 is 5.43 Å². The Morgan fingerprint density at radius 3 is 2.84 bits per heavy atom. The predicted molar refractivity (Wildman–Crippen MR) is 93.6 cm³/mol. The van der Waals surface area contributed by atoms with Crippen LogP contribution in [0.25, 0.3) is 11.1 Å². The number of fused-ring (bicyclic) bond motifs is 1. The van der Waals surface area contributed by atoms with Crippen molar-refractivity contribution in [2.24, 2.45) is 5.10 Å². The number of aromatic nitrogens is 1. The normalized spacial score (nSPS) is 11.0. The van der Waals surface area contributed by atoms with Gasteiger partial charge >= 0.3 is 0 Å². The van der Waals surface area contributed by atoms with Crippen LogP contribution in [0.5, 0.6) is 0 Å². The molecule has 1 N–H and O–H groups in total. The summed E-state index contributed by atoms with van der Waals surface area (Å²) in [4.78, 5) is 26.4. The fourth-order valence-electron chi connectivity index (χ4n) is 2.01. The van der Waals surface area contributed by atoms with E-state index in [9.17, 15) is 14.9 Å². The third kappa shape index (κ3) is 4.21. The summed E-state index contributed by atoms with van der Waals surface area (Å²) < 4.78 is 5.49. The standard InChI is InChI=1S/C16H12N4O4S/c21-15(10-25-16-18-12-6-2-4-8-14(12)24-16)19-17-9-11-5-1-3-7-13(11)20(22)23/h1-9H,10H2,(H,19,21)/b17-9-. The van der Waals surface area contributed by atoms with E-state index in [0.29, 0.717) is 16.4 Å². The molecule has 0 spiro atoms. The number of thioether (sulfide) groups is 1. The van der Waals surface area contributed by atoms with Gasteiger partial charge in [0.1, 0.15) is 5.52 Å². The van der Waals surface area contributed by atoms with E-state index in [-0.39, 0.29) is 17.3 Å². The second-order valence-corrected chi connectivity index (χ2v) is 5.77. The molecule has 0 saturated carbocycles. The highest BCUT2D eigenvalue weighted by molar-refractivity contribution is 7.99. The first-order chi connectivity index (χ1) is 12.1. The van der Waals surface area contributed by atoms with Crippen LogP contribution in [0.3, 0.4) is 0 Å². The van der Waals surface area contributed by atoms with Crippen LogP contribution in [0.2, 0.25) is 0 Å². The molecule has 9 heteroatoms. The first-order valence-corrected chi connectivity index (χ1v) is 8.16. The van der Waals surface area contributed by atoms with E-state index >= 15 is 0 Å². The zero-order valence-corrected chi connectivity index (χ0v) is 13.6. The average molecular weight is 356 g/mol. The van der Waals surface area contributed by atoms with Gasteiger partial charge < -0.3 is 4.42 Å². The van der Waals surface area contributed by atoms with Crippen molar-refractivity contribution in [3.8, 4) is 0 Å². The van der Waals surface area contributed by atoms with E-state index in [4.69, 9.17) is 4.42 Å². The number of carbonyl (C=O) groups is 1. The topological polar surface area (TPSA) is 111 Å². The molecule has 0 fully saturated rings. The Morgan fingerprint density at radius 2 is 2.04 bits per heavy atom. The minimum Gasteiger partial charge on any atom is -0.431 e. The summed E-state index contributed by atoms with van der Waals surface area (Å²) in [7, 11) is 0. The summed E-state index contributed by atoms with van der Waals surface area (Å²) in [5.74, 6) is -0.316. The summed E-state index contributed by atoms with van der Waals surface area (Å²) in [5, 5.41) is 15.0. The number of para-hydroxylation sites is 3. The van der Waals surface area contributed by atoms with E-state index in [0.717, 1.165) is 17.3 Å². The average Bonchev–Trinajstić information content (AvgIpc) is 3.03. The minimum atomic E-state index is -0.508. The number of oxazole rings is 1. The van der Waals surface area contributed by atoms with Crippen LogP contribution >= 0.6 is 11.8 Å². The second-order valence-electron chi connectivity index (χ2n) is 4.85. The van der Waals surface area contributed by atoms with Gasteiger partial charge in [-0.3, -0.25) is 14.9 Å². The van der Waals surface area contributed by atoms with Crippen LogP contribution in [0.15, 0.2) is 63.3 Å². The van der Waals surface area contributed by atoms with E-state index in [1.165, 1.54) is 12.3 Å². The number of benzene rings is 2. The van der Waals surface area contributed by atoms with Crippen molar-refractivity contribution < 1.29 is 14.1 Å². The largest absolute Gasteiger partial charge is 0.431 e. The smallest absolute Gasteiger partial charge is 0.278 e. The highest BCUT2D eigenvalue weighted by atomic mass is 32.2. The Kier molecular flexibility index (Phi) is 5.05. The Balaban J connectivity index is 1.55. The van der Waals surface area contributed by atoms with E-state index in [1.807, 2.05) is 18.2 Å². The monoisotopic (exact) mass is 356 g/mol. The molecule has 0 radical (unpaired) electrons. The highest BCUT2D eigenvalue weighted by Crippen LogP contribution is 2.22. The van der Waals surface area contributed by atoms with Gasteiger partial charge in [0.25, 0.3) is 16.8 Å². The zero-order chi connectivity index (χ0) is 17.6. The van der Waals surface area contributed by atoms with Crippen molar-refractivity contribution in [2.75, 3.05) is 5.75 Å². The summed E-state index contributed by atoms with van der Waals surface area (Å²) in [6.07, 6.45) is 1.24. The van der Waals surface area contributed by atoms with Crippen molar-refractivity contribution in [3.63, 3.8) is 0 Å². The SMILES string of the molecule is O=C(CSc1nc2ccccc2o1)N/N=C\c1ccccc1[N+](=O)[O-]. The van der Waals surface area contributed by atoms with Gasteiger partial charge in [0, 0.05) is 6.07 Å². The Morgan fingerprint density at radius 1 is 1.28 bits per heavy atom. The predicted octanol–water partition coefficient (Wildman–Crippen LogP) is 2.98. The molecule has 2 aromatic carbocycles. The highest BCUT2D eigenvalue weighted by Gasteiger charge is 2.11. The van der Waals surface area contributed by atoms with Gasteiger partial charge in [0.2, 0.25) is 0 Å². The van der Waals surface area contributed by atoms with Crippen molar-refractivity contribution in [3.05, 3.63) is 64.2 Å². The Hall–Kier alpha value is -3.20. The lowest BCUT2D eigenvalue weighted by molar-refractivity contribution is -0.385. The molecular weight excluding hydrogens is 344 g/mol. The lowest BCUT2D eigenvalue weighted by Gasteiger charge is -1.98. The molecule has 0 aliphatic carbocycles. The number of carbonyl (C=O) groups excluding carboxylic acids is 1. The third-order valence-electron chi connectivity index (χ3n) is 3.13. The molecule has 0 unspecified atom stereocenters. The maximum absolute atomic E-state index is 11.8. The van der Waals surface area contributed by atoms with Gasteiger partial charge in [-0.25, -0.2) is 10.4 Å². The number of amides is 1. The number of hydrogen-bond acceptors (Lipinski definition) is 7. The fourth-order valence-corrected chi connectivity index (χ4v) is 2.64. The molecule has 0 saturated heterocycles. The number of nitrogens with one attached hydrogen (secondary N) is 1. The summed E-state index contributed by atoms with van der Waals surface area (Å²) in [6.45, 7) is 0. The lowest BCUT2D eigenvalue weighted by Crippen LogP contribution is -2.19. The van der Waals surface area contributed by atoms with Crippen LogP contribution in [0.1, 0.15) is 5.56 Å². The molecule has 8 nitrogen and oxygen atoms in total. The number of nitro benzene ring substituents is 1. The molecule has 0 aliphatic heterocycles. The molecule has 0 atom stereocenters. The molecule has 1 aromatic heterocycles. The molecule has 1 heterocycles. The van der Waals surface area contributed by atoms with Crippen LogP contribution in [0.4, 0.5) is 5.69 Å². The first-order valence-electron chi connectivity index (χ1n) is 7.17. The van der Waals surface area contributed by atoms with Gasteiger partial charge in [0.05, 0.1) is 22.5 Å². The van der Waals surface area contributed by atoms with Gasteiger partial charge in [-0.15, -0.1) is 0 Å². The molecular formula is C16H12N4O4S. The van der Waals surface area contributed by atoms with Crippen LogP contribution in [-0.4, -0.2) is 27.8 Å². The summed E-state index contributed by atoms with van der Waals surface area (Å²) in [6, 6.07) is 13.4. The van der Waals surface area contributed by atoms with Gasteiger partial charge in [0.15, 0.2) is 5.58 Å². The van der Waals surface area contributed by atoms with Crippen molar-refractivity contribution in [2.45, 2.75) is 5.22 Å². The van der Waals surface area contributed by atoms with Gasteiger partial charge in [-0.1, -0.05) is 36.0 Å². The van der Waals surface area contributed by atoms with E-state index in [2.05, 4.69) is 15.5 Å². The molecule has 0 bridgehead atoms. The molecule has 0 aliphatic rings. The zero-order valence-electron chi connectivity index (χ0n) is 12.8. The van der Waals surface area contributed by atoms with Gasteiger partial charge in [-0.2, -0.15) is 5.10 Å². The first kappa shape index (κ1) is 16.7. The molecule has 1 amide bonds. The van der Waals surface area contributed by atoms with Crippen molar-refractivity contribution >= 4 is 40.7 Å². The van der Waals surface area contributed by atoms with Crippen LogP contribution in [-0.2, 0) is 4.79 Å². The Labute approximate surface area is 146 Å². The molecule has 25 heavy (non-hydrogen) atoms. The van der Waals surface area contributed by atoms with Crippen molar-refractivity contribution in [1.29, 1.82) is 0 Å². The maximum Gasteiger partial charge on any atom is 0.278 e. The number of nitrogens with zero attached hydrogens (tertiary/aromatic N) is 3. The maximum atomic E-state index is 11.8. The minimum absolute atomic E-state index is 0.0566. The number of rotatable bonds is 6. The Bertz CT molecular complexity index is 921. The quantitative estimate of drug-likeness (QED) is 0.315. The second kappa shape index (κ2) is 7.58. The van der Waals surface area contributed by atoms with E-state index < -0.39 is 4.92 Å². The summed E-state index contributed by atoms with van der Waals surface area (Å²) in [5.41, 5.74) is 3.92. The fraction of sp³-hybridized carbons (Fsp3) is 0.0625. The van der Waals surface area contributed by atoms with Crippen LogP contribution in [0, 0.1) is 10.1 Å². The van der Waals surface area contributed by atoms with E-state index in [1.54, 1.807) is 24.3 Å². The molecule has 3 rings (SSSR count). The third-order valence-corrected chi connectivity index (χ3v) is 3.96. The van der Waals surface area contributed by atoms with Gasteiger partial charge in [-0.05, 0) is 18.2 Å².